The van der Waals surface area contributed by atoms with Gasteiger partial charge in [-0.15, -0.1) is 5.10 Å². The summed E-state index contributed by atoms with van der Waals surface area (Å²) < 4.78 is 0. The van der Waals surface area contributed by atoms with Crippen LogP contribution in [0, 0.1) is 0 Å². The van der Waals surface area contributed by atoms with Gasteiger partial charge in [0.1, 0.15) is 0 Å². The van der Waals surface area contributed by atoms with Gasteiger partial charge in [-0.25, -0.2) is 4.98 Å². The lowest BCUT2D eigenvalue weighted by atomic mass is 10.1. The van der Waals surface area contributed by atoms with Gasteiger partial charge in [0.2, 0.25) is 5.16 Å². The number of benzene rings is 2. The molecule has 0 spiro atoms. The van der Waals surface area contributed by atoms with E-state index in [0.29, 0.717) is 10.9 Å². The van der Waals surface area contributed by atoms with Crippen LogP contribution in [0.25, 0.3) is 11.4 Å². The van der Waals surface area contributed by atoms with Crippen LogP contribution in [0.3, 0.4) is 0 Å². The minimum atomic E-state index is 0.0955. The molecule has 1 aromatic heterocycles. The number of ketones is 1. The summed E-state index contributed by atoms with van der Waals surface area (Å²) in [6.45, 7) is 2.18. The number of Topliss-reactive ketones (excluding diaryl/α,β-unsaturated/α-hetero) is 1. The number of nitrogens with zero attached hydrogens (tertiary/aromatic N) is 2. The first-order chi connectivity index (χ1) is 12.3. The molecule has 2 aromatic carbocycles. The van der Waals surface area contributed by atoms with Crippen molar-refractivity contribution in [1.82, 2.24) is 15.2 Å². The third kappa shape index (κ3) is 4.79. The SMILES string of the molecule is CCCCc1ccc(C(=O)CSc2n[nH]c(-c3ccccc3)n2)cc1. The standard InChI is InChI=1S/C20H21N3OS/c1-2-3-7-15-10-12-16(13-11-15)18(24)14-25-20-21-19(22-23-20)17-8-5-4-6-9-17/h4-6,8-13H,2-3,7,14H2,1H3,(H,21,22,23). The number of aryl methyl sites for hydroxylation is 1. The normalized spacial score (nSPS) is 10.8. The second-order valence-electron chi connectivity index (χ2n) is 5.84. The van der Waals surface area contributed by atoms with Gasteiger partial charge >= 0.3 is 0 Å². The molecule has 0 atom stereocenters. The fraction of sp³-hybridized carbons (Fsp3) is 0.250. The molecule has 0 fully saturated rings. The van der Waals surface area contributed by atoms with E-state index in [1.807, 2.05) is 54.6 Å². The quantitative estimate of drug-likeness (QED) is 0.468. The van der Waals surface area contributed by atoms with Crippen molar-refractivity contribution < 1.29 is 4.79 Å². The molecule has 3 rings (SSSR count). The molecule has 0 amide bonds. The van der Waals surface area contributed by atoms with E-state index in [0.717, 1.165) is 23.4 Å². The van der Waals surface area contributed by atoms with Gasteiger partial charge in [-0.3, -0.25) is 9.89 Å². The van der Waals surface area contributed by atoms with E-state index in [-0.39, 0.29) is 5.78 Å². The van der Waals surface area contributed by atoms with E-state index < -0.39 is 0 Å². The smallest absolute Gasteiger partial charge is 0.209 e. The lowest BCUT2D eigenvalue weighted by Crippen LogP contribution is -2.02. The van der Waals surface area contributed by atoms with E-state index in [9.17, 15) is 4.79 Å². The summed E-state index contributed by atoms with van der Waals surface area (Å²) in [7, 11) is 0. The van der Waals surface area contributed by atoms with Crippen molar-refractivity contribution in [2.45, 2.75) is 31.3 Å². The first-order valence-electron chi connectivity index (χ1n) is 8.49. The van der Waals surface area contributed by atoms with Crippen LogP contribution < -0.4 is 0 Å². The molecule has 0 radical (unpaired) electrons. The molecule has 0 saturated carbocycles. The summed E-state index contributed by atoms with van der Waals surface area (Å²) >= 11 is 1.35. The molecular weight excluding hydrogens is 330 g/mol. The van der Waals surface area contributed by atoms with E-state index in [2.05, 4.69) is 22.1 Å². The summed E-state index contributed by atoms with van der Waals surface area (Å²) in [5, 5.41) is 7.69. The Morgan fingerprint density at radius 3 is 2.56 bits per heavy atom. The van der Waals surface area contributed by atoms with Crippen LogP contribution >= 0.6 is 11.8 Å². The van der Waals surface area contributed by atoms with Crippen LogP contribution in [0.1, 0.15) is 35.7 Å². The van der Waals surface area contributed by atoms with Crippen molar-refractivity contribution in [2.75, 3.05) is 5.75 Å². The minimum absolute atomic E-state index is 0.0955. The monoisotopic (exact) mass is 351 g/mol. The fourth-order valence-electron chi connectivity index (χ4n) is 2.49. The maximum Gasteiger partial charge on any atom is 0.209 e. The van der Waals surface area contributed by atoms with Crippen molar-refractivity contribution >= 4 is 17.5 Å². The number of unbranched alkanes of at least 4 members (excludes halogenated alkanes) is 1. The van der Waals surface area contributed by atoms with E-state index in [1.54, 1.807) is 0 Å². The Labute approximate surface area is 152 Å². The van der Waals surface area contributed by atoms with E-state index >= 15 is 0 Å². The first kappa shape index (κ1) is 17.4. The summed E-state index contributed by atoms with van der Waals surface area (Å²) in [6.07, 6.45) is 3.43. The maximum atomic E-state index is 12.3. The molecule has 0 saturated heterocycles. The van der Waals surface area contributed by atoms with Gasteiger partial charge < -0.3 is 0 Å². The van der Waals surface area contributed by atoms with Gasteiger partial charge in [0.15, 0.2) is 11.6 Å². The maximum absolute atomic E-state index is 12.3. The molecule has 0 unspecified atom stereocenters. The molecule has 5 heteroatoms. The number of hydrogen-bond donors (Lipinski definition) is 1. The van der Waals surface area contributed by atoms with Gasteiger partial charge in [-0.1, -0.05) is 79.7 Å². The Bertz CT molecular complexity index is 812. The predicted octanol–water partition coefficient (Wildman–Crippen LogP) is 4.79. The summed E-state index contributed by atoms with van der Waals surface area (Å²) in [4.78, 5) is 16.8. The highest BCUT2D eigenvalue weighted by Gasteiger charge is 2.10. The zero-order chi connectivity index (χ0) is 17.5. The highest BCUT2D eigenvalue weighted by Crippen LogP contribution is 2.20. The van der Waals surface area contributed by atoms with Gasteiger partial charge in [0, 0.05) is 11.1 Å². The molecule has 128 valence electrons. The van der Waals surface area contributed by atoms with E-state index in [1.165, 1.54) is 30.2 Å². The number of aromatic nitrogens is 3. The number of nitrogens with one attached hydrogen (secondary N) is 1. The highest BCUT2D eigenvalue weighted by atomic mass is 32.2. The van der Waals surface area contributed by atoms with Crippen LogP contribution in [0.15, 0.2) is 59.8 Å². The zero-order valence-corrected chi connectivity index (χ0v) is 15.1. The number of thioether (sulfide) groups is 1. The fourth-order valence-corrected chi connectivity index (χ4v) is 3.18. The first-order valence-corrected chi connectivity index (χ1v) is 9.47. The van der Waals surface area contributed by atoms with Crippen molar-refractivity contribution in [1.29, 1.82) is 0 Å². The Kier molecular flexibility index (Phi) is 6.01. The number of rotatable bonds is 8. The number of hydrogen-bond acceptors (Lipinski definition) is 4. The van der Waals surface area contributed by atoms with Crippen LogP contribution in [0.4, 0.5) is 0 Å². The number of aromatic amines is 1. The van der Waals surface area contributed by atoms with Crippen LogP contribution in [-0.2, 0) is 6.42 Å². The Morgan fingerprint density at radius 1 is 1.08 bits per heavy atom. The topological polar surface area (TPSA) is 58.6 Å². The number of carbonyl (C=O) groups excluding carboxylic acids is 1. The Hall–Kier alpha value is -2.40. The molecule has 1 N–H and O–H groups in total. The van der Waals surface area contributed by atoms with Gasteiger partial charge in [-0.2, -0.15) is 0 Å². The molecule has 0 aliphatic heterocycles. The van der Waals surface area contributed by atoms with E-state index in [4.69, 9.17) is 0 Å². The molecule has 25 heavy (non-hydrogen) atoms. The van der Waals surface area contributed by atoms with Crippen LogP contribution in [0.2, 0.25) is 0 Å². The van der Waals surface area contributed by atoms with Crippen molar-refractivity contribution in [2.24, 2.45) is 0 Å². The molecular formula is C20H21N3OS. The summed E-state index contributed by atoms with van der Waals surface area (Å²) in [5.74, 6) is 1.15. The van der Waals surface area contributed by atoms with Gasteiger partial charge in [0.25, 0.3) is 0 Å². The molecule has 0 aliphatic carbocycles. The average molecular weight is 351 g/mol. The third-order valence-electron chi connectivity index (χ3n) is 3.94. The van der Waals surface area contributed by atoms with Crippen LogP contribution in [0.5, 0.6) is 0 Å². The number of H-pyrrole nitrogens is 1. The van der Waals surface area contributed by atoms with Crippen molar-refractivity contribution in [3.8, 4) is 11.4 Å². The number of carbonyl (C=O) groups is 1. The predicted molar refractivity (Wildman–Crippen MR) is 102 cm³/mol. The van der Waals surface area contributed by atoms with Crippen molar-refractivity contribution in [3.05, 3.63) is 65.7 Å². The zero-order valence-electron chi connectivity index (χ0n) is 14.2. The Morgan fingerprint density at radius 2 is 1.84 bits per heavy atom. The lowest BCUT2D eigenvalue weighted by Gasteiger charge is -2.02. The van der Waals surface area contributed by atoms with Gasteiger partial charge in [-0.05, 0) is 18.4 Å². The molecule has 0 bridgehead atoms. The largest absolute Gasteiger partial charge is 0.293 e. The Balaban J connectivity index is 1.56. The summed E-state index contributed by atoms with van der Waals surface area (Å²) in [5.41, 5.74) is 3.01. The molecule has 3 aromatic rings. The van der Waals surface area contributed by atoms with Gasteiger partial charge in [0.05, 0.1) is 5.75 Å². The molecule has 4 nitrogen and oxygen atoms in total. The van der Waals surface area contributed by atoms with Crippen LogP contribution in [-0.4, -0.2) is 26.7 Å². The third-order valence-corrected chi connectivity index (χ3v) is 4.79. The average Bonchev–Trinajstić information content (AvgIpc) is 3.14. The molecule has 1 heterocycles. The molecule has 0 aliphatic rings. The minimum Gasteiger partial charge on any atom is -0.293 e. The lowest BCUT2D eigenvalue weighted by molar-refractivity contribution is 0.102. The second-order valence-corrected chi connectivity index (χ2v) is 6.79. The van der Waals surface area contributed by atoms with Crippen molar-refractivity contribution in [3.63, 3.8) is 0 Å². The highest BCUT2D eigenvalue weighted by molar-refractivity contribution is 7.99. The summed E-state index contributed by atoms with van der Waals surface area (Å²) in [6, 6.07) is 17.8. The second kappa shape index (κ2) is 8.62.